The van der Waals surface area contributed by atoms with Crippen LogP contribution >= 0.6 is 11.3 Å². The average Bonchev–Trinajstić information content (AvgIpc) is 3.04. The van der Waals surface area contributed by atoms with Crippen LogP contribution in [-0.2, 0) is 13.5 Å². The van der Waals surface area contributed by atoms with Crippen molar-refractivity contribution in [3.8, 4) is 0 Å². The number of rotatable bonds is 4. The number of carbonyl (C=O) groups excluding carboxylic acids is 1. The third-order valence-electron chi connectivity index (χ3n) is 3.63. The minimum atomic E-state index is -0.480. The first kappa shape index (κ1) is 15.4. The molecule has 6 heteroatoms. The van der Waals surface area contributed by atoms with Gasteiger partial charge in [-0.15, -0.1) is 11.3 Å². The predicted molar refractivity (Wildman–Crippen MR) is 89.5 cm³/mol. The summed E-state index contributed by atoms with van der Waals surface area (Å²) in [5.74, 6) is -0.917. The molecule has 0 unspecified atom stereocenters. The number of thiophene rings is 1. The largest absolute Gasteiger partial charge is 0.352 e. The Morgan fingerprint density at radius 1 is 1.30 bits per heavy atom. The lowest BCUT2D eigenvalue weighted by Gasteiger charge is -2.10. The maximum atomic E-state index is 13.9. The number of amides is 1. The van der Waals surface area contributed by atoms with Gasteiger partial charge in [0.25, 0.3) is 5.91 Å². The number of pyridine rings is 1. The Morgan fingerprint density at radius 2 is 2.13 bits per heavy atom. The Kier molecular flexibility index (Phi) is 4.25. The molecule has 0 bridgehead atoms. The average molecular weight is 330 g/mol. The predicted octanol–water partition coefficient (Wildman–Crippen LogP) is 2.71. The highest BCUT2D eigenvalue weighted by Crippen LogP contribution is 2.15. The highest BCUT2D eigenvalue weighted by Gasteiger charge is 2.15. The number of nitrogens with one attached hydrogen (secondary N) is 1. The van der Waals surface area contributed by atoms with Gasteiger partial charge in [0, 0.05) is 30.1 Å². The molecule has 2 heterocycles. The number of carbonyl (C=O) groups is 1. The highest BCUT2D eigenvalue weighted by molar-refractivity contribution is 7.09. The van der Waals surface area contributed by atoms with Crippen LogP contribution in [0.25, 0.3) is 10.9 Å². The Balaban J connectivity index is 1.86. The van der Waals surface area contributed by atoms with Gasteiger partial charge in [-0.3, -0.25) is 9.59 Å². The van der Waals surface area contributed by atoms with Gasteiger partial charge in [-0.05, 0) is 30.0 Å². The van der Waals surface area contributed by atoms with Crippen molar-refractivity contribution in [2.45, 2.75) is 6.42 Å². The van der Waals surface area contributed by atoms with Gasteiger partial charge in [0.15, 0.2) is 0 Å². The number of benzene rings is 1. The summed E-state index contributed by atoms with van der Waals surface area (Å²) < 4.78 is 15.3. The van der Waals surface area contributed by atoms with Gasteiger partial charge in [0.05, 0.1) is 5.52 Å². The van der Waals surface area contributed by atoms with Crippen molar-refractivity contribution in [2.75, 3.05) is 6.54 Å². The zero-order valence-corrected chi connectivity index (χ0v) is 13.3. The molecule has 1 N–H and O–H groups in total. The number of para-hydroxylation sites is 1. The fraction of sp³-hybridized carbons (Fsp3) is 0.176. The first-order chi connectivity index (χ1) is 11.1. The van der Waals surface area contributed by atoms with E-state index in [-0.39, 0.29) is 16.5 Å². The van der Waals surface area contributed by atoms with E-state index < -0.39 is 17.2 Å². The maximum absolute atomic E-state index is 13.9. The number of nitrogens with zero attached hydrogens (tertiary/aromatic N) is 1. The van der Waals surface area contributed by atoms with E-state index in [1.54, 1.807) is 18.4 Å². The van der Waals surface area contributed by atoms with E-state index in [1.807, 2.05) is 17.5 Å². The molecule has 118 valence electrons. The summed E-state index contributed by atoms with van der Waals surface area (Å²) in [4.78, 5) is 25.9. The minimum Gasteiger partial charge on any atom is -0.352 e. The van der Waals surface area contributed by atoms with Crippen molar-refractivity contribution < 1.29 is 9.18 Å². The number of aryl methyl sites for hydroxylation is 1. The summed E-state index contributed by atoms with van der Waals surface area (Å²) in [5.41, 5.74) is -0.226. The van der Waals surface area contributed by atoms with Crippen molar-refractivity contribution >= 4 is 28.1 Å². The van der Waals surface area contributed by atoms with Gasteiger partial charge in [-0.25, -0.2) is 4.39 Å². The second-order valence-electron chi connectivity index (χ2n) is 5.20. The van der Waals surface area contributed by atoms with Crippen molar-refractivity contribution in [1.82, 2.24) is 9.88 Å². The molecule has 0 aliphatic carbocycles. The number of hydrogen-bond acceptors (Lipinski definition) is 3. The summed E-state index contributed by atoms with van der Waals surface area (Å²) in [6, 6.07) is 8.24. The van der Waals surface area contributed by atoms with Crippen LogP contribution in [0.3, 0.4) is 0 Å². The van der Waals surface area contributed by atoms with Gasteiger partial charge in [-0.1, -0.05) is 12.1 Å². The molecule has 4 nitrogen and oxygen atoms in total. The Hall–Kier alpha value is -2.47. The zero-order valence-electron chi connectivity index (χ0n) is 12.5. The van der Waals surface area contributed by atoms with Gasteiger partial charge in [0.2, 0.25) is 5.43 Å². The molecule has 0 saturated heterocycles. The molecule has 0 atom stereocenters. The van der Waals surface area contributed by atoms with Crippen molar-refractivity contribution in [2.24, 2.45) is 7.05 Å². The molecule has 0 aliphatic rings. The Bertz CT molecular complexity index is 916. The summed E-state index contributed by atoms with van der Waals surface area (Å²) in [6.07, 6.45) is 2.10. The van der Waals surface area contributed by atoms with Gasteiger partial charge in [-0.2, -0.15) is 0 Å². The number of hydrogen-bond donors (Lipinski definition) is 1. The van der Waals surface area contributed by atoms with Crippen LogP contribution in [0, 0.1) is 5.82 Å². The van der Waals surface area contributed by atoms with Crippen LogP contribution in [0.4, 0.5) is 4.39 Å². The molecular weight excluding hydrogens is 315 g/mol. The summed E-state index contributed by atoms with van der Waals surface area (Å²) >= 11 is 1.62. The SMILES string of the molecule is Cn1cc(C(=O)NCCc2cccs2)c(=O)c2cccc(F)c21. The molecule has 1 amide bonds. The molecule has 0 aliphatic heterocycles. The lowest BCUT2D eigenvalue weighted by atomic mass is 10.1. The second kappa shape index (κ2) is 6.34. The quantitative estimate of drug-likeness (QED) is 0.800. The molecule has 3 aromatic rings. The number of fused-ring (bicyclic) bond motifs is 1. The molecule has 1 aromatic carbocycles. The first-order valence-electron chi connectivity index (χ1n) is 7.16. The number of halogens is 1. The van der Waals surface area contributed by atoms with Crippen LogP contribution in [0.15, 0.2) is 46.7 Å². The van der Waals surface area contributed by atoms with E-state index in [0.717, 1.165) is 0 Å². The minimum absolute atomic E-state index is 0.0248. The lowest BCUT2D eigenvalue weighted by molar-refractivity contribution is 0.0952. The molecule has 23 heavy (non-hydrogen) atoms. The monoisotopic (exact) mass is 330 g/mol. The standard InChI is InChI=1S/C17H15FN2O2S/c1-20-10-13(16(21)12-5-2-6-14(18)15(12)20)17(22)19-8-7-11-4-3-9-23-11/h2-6,9-10H,7-8H2,1H3,(H,19,22). The van der Waals surface area contributed by atoms with Crippen molar-refractivity contribution in [3.63, 3.8) is 0 Å². The normalized spacial score (nSPS) is 10.9. The van der Waals surface area contributed by atoms with E-state index in [4.69, 9.17) is 0 Å². The highest BCUT2D eigenvalue weighted by atomic mass is 32.1. The first-order valence-corrected chi connectivity index (χ1v) is 8.04. The fourth-order valence-corrected chi connectivity index (χ4v) is 3.24. The third-order valence-corrected chi connectivity index (χ3v) is 4.57. The van der Waals surface area contributed by atoms with E-state index in [9.17, 15) is 14.0 Å². The summed E-state index contributed by atoms with van der Waals surface area (Å²) in [5, 5.41) is 4.93. The van der Waals surface area contributed by atoms with Crippen molar-refractivity contribution in [3.05, 3.63) is 68.4 Å². The third kappa shape index (κ3) is 3.03. The molecule has 0 fully saturated rings. The van der Waals surface area contributed by atoms with Crippen LogP contribution in [0.5, 0.6) is 0 Å². The van der Waals surface area contributed by atoms with E-state index in [0.29, 0.717) is 13.0 Å². The van der Waals surface area contributed by atoms with Gasteiger partial charge < -0.3 is 9.88 Å². The fourth-order valence-electron chi connectivity index (χ4n) is 2.53. The molecule has 0 spiro atoms. The smallest absolute Gasteiger partial charge is 0.256 e. The van der Waals surface area contributed by atoms with Gasteiger partial charge in [0.1, 0.15) is 11.4 Å². The number of aromatic nitrogens is 1. The van der Waals surface area contributed by atoms with E-state index >= 15 is 0 Å². The van der Waals surface area contributed by atoms with Gasteiger partial charge >= 0.3 is 0 Å². The van der Waals surface area contributed by atoms with E-state index in [1.165, 1.54) is 33.8 Å². The molecule has 0 radical (unpaired) electrons. The zero-order chi connectivity index (χ0) is 16.4. The molecule has 3 rings (SSSR count). The lowest BCUT2D eigenvalue weighted by Crippen LogP contribution is -2.31. The summed E-state index contributed by atoms with van der Waals surface area (Å²) in [7, 11) is 1.62. The van der Waals surface area contributed by atoms with Crippen LogP contribution in [-0.4, -0.2) is 17.0 Å². The Labute approximate surface area is 136 Å². The van der Waals surface area contributed by atoms with Crippen molar-refractivity contribution in [1.29, 1.82) is 0 Å². The van der Waals surface area contributed by atoms with Crippen LogP contribution in [0.1, 0.15) is 15.2 Å². The van der Waals surface area contributed by atoms with Crippen LogP contribution < -0.4 is 10.7 Å². The van der Waals surface area contributed by atoms with E-state index in [2.05, 4.69) is 5.32 Å². The second-order valence-corrected chi connectivity index (χ2v) is 6.24. The molecule has 2 aromatic heterocycles. The Morgan fingerprint density at radius 3 is 2.87 bits per heavy atom. The van der Waals surface area contributed by atoms with Crippen LogP contribution in [0.2, 0.25) is 0 Å². The maximum Gasteiger partial charge on any atom is 0.256 e. The molecule has 0 saturated carbocycles. The topological polar surface area (TPSA) is 51.1 Å². The molecular formula is C17H15FN2O2S. The summed E-state index contributed by atoms with van der Waals surface area (Å²) in [6.45, 7) is 0.448.